The second-order valence-corrected chi connectivity index (χ2v) is 7.66. The highest BCUT2D eigenvalue weighted by Gasteiger charge is 2.22. The maximum atomic E-state index is 12.6. The van der Waals surface area contributed by atoms with Gasteiger partial charge in [-0.1, -0.05) is 5.16 Å². The molecule has 0 radical (unpaired) electrons. The Morgan fingerprint density at radius 3 is 2.61 bits per heavy atom. The van der Waals surface area contributed by atoms with Crippen LogP contribution in [0.15, 0.2) is 40.4 Å². The van der Waals surface area contributed by atoms with Crippen molar-refractivity contribution in [2.24, 2.45) is 14.1 Å². The van der Waals surface area contributed by atoms with Gasteiger partial charge in [0.05, 0.1) is 42.2 Å². The molecule has 0 amide bonds. The first-order valence-corrected chi connectivity index (χ1v) is 9.98. The largest absolute Gasteiger partial charge is 0.501 e. The van der Waals surface area contributed by atoms with Gasteiger partial charge in [-0.3, -0.25) is 28.8 Å². The fourth-order valence-electron chi connectivity index (χ4n) is 3.44. The quantitative estimate of drug-likeness (QED) is 0.405. The summed E-state index contributed by atoms with van der Waals surface area (Å²) in [6.45, 7) is 2.17. The van der Waals surface area contributed by atoms with Crippen molar-refractivity contribution >= 4 is 11.7 Å². The highest BCUT2D eigenvalue weighted by atomic mass is 16.5. The van der Waals surface area contributed by atoms with Crippen LogP contribution in [-0.4, -0.2) is 52.4 Å². The van der Waals surface area contributed by atoms with Gasteiger partial charge in [-0.15, -0.1) is 0 Å². The summed E-state index contributed by atoms with van der Waals surface area (Å²) in [4.78, 5) is 40.0. The molecule has 4 rings (SSSR count). The lowest BCUT2D eigenvalue weighted by Crippen LogP contribution is -2.30. The molecule has 0 aliphatic carbocycles. The summed E-state index contributed by atoms with van der Waals surface area (Å²) in [5.74, 6) is -1.04. The summed E-state index contributed by atoms with van der Waals surface area (Å²) < 4.78 is 7.61. The van der Waals surface area contributed by atoms with Crippen LogP contribution in [0, 0.1) is 6.92 Å². The number of carbonyl (C=O) groups excluding carboxylic acids is 1. The van der Waals surface area contributed by atoms with Crippen molar-refractivity contribution in [3.63, 3.8) is 0 Å². The van der Waals surface area contributed by atoms with Gasteiger partial charge >= 0.3 is 0 Å². The van der Waals surface area contributed by atoms with Gasteiger partial charge in [0.25, 0.3) is 5.56 Å². The molecule has 0 atom stereocenters. The van der Waals surface area contributed by atoms with Crippen molar-refractivity contribution in [3.05, 3.63) is 64.0 Å². The number of aryl methyl sites for hydroxylation is 2. The molecule has 4 heterocycles. The molecule has 1 N–H and O–H groups in total. The van der Waals surface area contributed by atoms with Gasteiger partial charge in [-0.25, -0.2) is 4.98 Å². The minimum Gasteiger partial charge on any atom is -0.501 e. The zero-order chi connectivity index (χ0) is 23.7. The number of nitrogens with zero attached hydrogens (tertiary/aromatic N) is 8. The molecule has 0 aliphatic rings. The molecule has 33 heavy (non-hydrogen) atoms. The summed E-state index contributed by atoms with van der Waals surface area (Å²) in [5.41, 5.74) is 2.54. The predicted molar refractivity (Wildman–Crippen MR) is 117 cm³/mol. The zero-order valence-corrected chi connectivity index (χ0v) is 18.6. The lowest BCUT2D eigenvalue weighted by molar-refractivity contribution is 0.0984. The first kappa shape index (κ1) is 21.9. The van der Waals surface area contributed by atoms with E-state index in [0.29, 0.717) is 17.0 Å². The molecule has 0 saturated carbocycles. The van der Waals surface area contributed by atoms with Crippen molar-refractivity contribution in [2.75, 3.05) is 11.9 Å². The number of anilines is 1. The van der Waals surface area contributed by atoms with E-state index in [9.17, 15) is 14.7 Å². The average Bonchev–Trinajstić information content (AvgIpc) is 3.41. The second kappa shape index (κ2) is 8.65. The number of ketones is 1. The molecule has 12 heteroatoms. The Labute approximate surface area is 188 Å². The van der Waals surface area contributed by atoms with Gasteiger partial charge in [0.2, 0.25) is 11.7 Å². The number of aromatic hydroxyl groups is 1. The Hall–Kier alpha value is -4.35. The summed E-state index contributed by atoms with van der Waals surface area (Å²) in [5, 5.41) is 18.1. The summed E-state index contributed by atoms with van der Waals surface area (Å²) in [6, 6.07) is 0. The van der Waals surface area contributed by atoms with Crippen LogP contribution in [0.25, 0.3) is 11.3 Å². The zero-order valence-electron chi connectivity index (χ0n) is 18.6. The second-order valence-electron chi connectivity index (χ2n) is 7.66. The Morgan fingerprint density at radius 1 is 1.21 bits per heavy atom. The summed E-state index contributed by atoms with van der Waals surface area (Å²) in [6.07, 6.45) is 7.76. The Balaban J connectivity index is 1.58. The van der Waals surface area contributed by atoms with E-state index in [-0.39, 0.29) is 24.6 Å². The summed E-state index contributed by atoms with van der Waals surface area (Å²) in [7, 11) is 5.01. The van der Waals surface area contributed by atoms with Gasteiger partial charge in [0.15, 0.2) is 11.5 Å². The molecular formula is C21H22N8O4. The van der Waals surface area contributed by atoms with Gasteiger partial charge in [-0.2, -0.15) is 5.10 Å². The predicted octanol–water partition coefficient (Wildman–Crippen LogP) is 1.03. The molecule has 4 aromatic heterocycles. The first-order valence-electron chi connectivity index (χ1n) is 9.98. The van der Waals surface area contributed by atoms with Crippen LogP contribution in [-0.2, 0) is 27.1 Å². The van der Waals surface area contributed by atoms with Gasteiger partial charge in [0, 0.05) is 44.9 Å². The van der Waals surface area contributed by atoms with E-state index in [1.165, 1.54) is 24.1 Å². The normalized spacial score (nSPS) is 11.0. The summed E-state index contributed by atoms with van der Waals surface area (Å²) >= 11 is 0. The Kier molecular flexibility index (Phi) is 5.73. The van der Waals surface area contributed by atoms with Crippen molar-refractivity contribution in [2.45, 2.75) is 19.9 Å². The van der Waals surface area contributed by atoms with Crippen molar-refractivity contribution in [3.8, 4) is 17.0 Å². The minimum atomic E-state index is -0.728. The molecule has 4 aromatic rings. The van der Waals surface area contributed by atoms with Crippen LogP contribution < -0.4 is 10.5 Å². The van der Waals surface area contributed by atoms with Crippen LogP contribution in [0.1, 0.15) is 27.4 Å². The maximum Gasteiger partial charge on any atom is 0.297 e. The van der Waals surface area contributed by atoms with Crippen LogP contribution in [0.2, 0.25) is 0 Å². The van der Waals surface area contributed by atoms with E-state index in [2.05, 4.69) is 25.2 Å². The van der Waals surface area contributed by atoms with Crippen LogP contribution in [0.4, 0.5) is 5.95 Å². The highest BCUT2D eigenvalue weighted by Crippen LogP contribution is 2.21. The first-order chi connectivity index (χ1) is 15.7. The fraction of sp³-hybridized carbons (Fsp3) is 0.286. The smallest absolute Gasteiger partial charge is 0.297 e. The number of carbonyl (C=O) groups is 1. The molecule has 0 bridgehead atoms. The van der Waals surface area contributed by atoms with E-state index in [0.717, 1.165) is 11.3 Å². The number of aromatic nitrogens is 7. The third kappa shape index (κ3) is 4.35. The Morgan fingerprint density at radius 2 is 2.00 bits per heavy atom. The molecular weight excluding hydrogens is 428 g/mol. The maximum absolute atomic E-state index is 12.6. The third-order valence-electron chi connectivity index (χ3n) is 5.09. The highest BCUT2D eigenvalue weighted by molar-refractivity contribution is 5.98. The van der Waals surface area contributed by atoms with Gasteiger partial charge in [0.1, 0.15) is 6.26 Å². The standard InChI is InChI=1S/C21H22N8O4/c1-12-15(10-28(3)26-12)16-8-22-14(7-23-16)9-27(2)21-25-18(19(31)20(32)29(21)4)17(30)5-13-6-24-33-11-13/h6-8,10-11,31H,5,9H2,1-4H3. The van der Waals surface area contributed by atoms with Crippen molar-refractivity contribution < 1.29 is 14.4 Å². The lowest BCUT2D eigenvalue weighted by Gasteiger charge is -2.21. The molecule has 0 fully saturated rings. The van der Waals surface area contributed by atoms with Crippen LogP contribution >= 0.6 is 0 Å². The molecule has 0 aliphatic heterocycles. The van der Waals surface area contributed by atoms with E-state index in [1.54, 1.807) is 29.0 Å². The number of hydrogen-bond donors (Lipinski definition) is 1. The topological polar surface area (TPSA) is 145 Å². The lowest BCUT2D eigenvalue weighted by atomic mass is 10.1. The Bertz CT molecular complexity index is 1360. The molecule has 12 nitrogen and oxygen atoms in total. The fourth-order valence-corrected chi connectivity index (χ4v) is 3.44. The van der Waals surface area contributed by atoms with Crippen molar-refractivity contribution in [1.82, 2.24) is 34.5 Å². The van der Waals surface area contributed by atoms with E-state index < -0.39 is 17.1 Å². The number of hydrogen-bond acceptors (Lipinski definition) is 10. The molecule has 0 unspecified atom stereocenters. The monoisotopic (exact) mass is 450 g/mol. The average molecular weight is 450 g/mol. The van der Waals surface area contributed by atoms with E-state index in [4.69, 9.17) is 4.52 Å². The van der Waals surface area contributed by atoms with E-state index in [1.807, 2.05) is 20.2 Å². The molecule has 0 saturated heterocycles. The molecule has 0 spiro atoms. The molecule has 0 aromatic carbocycles. The van der Waals surface area contributed by atoms with E-state index >= 15 is 0 Å². The van der Waals surface area contributed by atoms with Crippen LogP contribution in [0.3, 0.4) is 0 Å². The van der Waals surface area contributed by atoms with Crippen LogP contribution in [0.5, 0.6) is 5.75 Å². The van der Waals surface area contributed by atoms with Crippen molar-refractivity contribution in [1.29, 1.82) is 0 Å². The molecule has 170 valence electrons. The van der Waals surface area contributed by atoms with Gasteiger partial charge in [-0.05, 0) is 6.92 Å². The third-order valence-corrected chi connectivity index (χ3v) is 5.09. The number of Topliss-reactive ketones (excluding diaryl/α,β-unsaturated/α-hetero) is 1. The number of rotatable bonds is 7. The minimum absolute atomic E-state index is 0.110. The van der Waals surface area contributed by atoms with Gasteiger partial charge < -0.3 is 14.5 Å². The SMILES string of the molecule is Cc1nn(C)cc1-c1cnc(CN(C)c2nc(C(=O)Cc3cnoc3)c(O)c(=O)n2C)cn1.